The first kappa shape index (κ1) is 9.40. The smallest absolute Gasteiger partial charge is 0.278 e. The Morgan fingerprint density at radius 3 is 2.54 bits per heavy atom. The monoisotopic (exact) mass is 189 g/mol. The molecule has 0 aliphatic rings. The first-order chi connectivity index (χ1) is 6.07. The van der Waals surface area contributed by atoms with E-state index in [-0.39, 0.29) is 0 Å². The van der Waals surface area contributed by atoms with Gasteiger partial charge in [0, 0.05) is 0 Å². The minimum absolute atomic E-state index is 0.540. The third-order valence-electron chi connectivity index (χ3n) is 1.42. The van der Waals surface area contributed by atoms with E-state index in [1.807, 2.05) is 0 Å². The molecule has 0 saturated carbocycles. The maximum atomic E-state index is 12.6. The van der Waals surface area contributed by atoms with E-state index < -0.39 is 28.9 Å². The number of rotatable bonds is 1. The number of amides is 1. The van der Waals surface area contributed by atoms with Crippen molar-refractivity contribution < 1.29 is 23.9 Å². The number of hydrogen-bond donors (Lipinski definition) is 3. The predicted octanol–water partition coefficient (Wildman–Crippen LogP) is 0.789. The molecule has 1 aromatic rings. The highest BCUT2D eigenvalue weighted by atomic mass is 19.2. The van der Waals surface area contributed by atoms with Crippen molar-refractivity contribution in [2.75, 3.05) is 0 Å². The molecule has 1 rings (SSSR count). The van der Waals surface area contributed by atoms with Gasteiger partial charge in [0.25, 0.3) is 5.91 Å². The van der Waals surface area contributed by atoms with Gasteiger partial charge in [0.2, 0.25) is 5.82 Å². The van der Waals surface area contributed by atoms with Crippen molar-refractivity contribution in [3.05, 3.63) is 29.3 Å². The number of benzene rings is 1. The van der Waals surface area contributed by atoms with Crippen molar-refractivity contribution >= 4 is 5.91 Å². The molecule has 13 heavy (non-hydrogen) atoms. The van der Waals surface area contributed by atoms with Crippen molar-refractivity contribution in [3.8, 4) is 5.75 Å². The van der Waals surface area contributed by atoms with Crippen LogP contribution in [-0.4, -0.2) is 16.2 Å². The second-order valence-corrected chi connectivity index (χ2v) is 2.20. The van der Waals surface area contributed by atoms with Gasteiger partial charge in [-0.15, -0.1) is 0 Å². The third kappa shape index (κ3) is 1.57. The van der Waals surface area contributed by atoms with Gasteiger partial charge in [-0.3, -0.25) is 10.0 Å². The molecule has 1 amide bonds. The van der Waals surface area contributed by atoms with E-state index in [4.69, 9.17) is 10.3 Å². The highest BCUT2D eigenvalue weighted by molar-refractivity contribution is 5.96. The summed E-state index contributed by atoms with van der Waals surface area (Å²) in [6.07, 6.45) is 0. The van der Waals surface area contributed by atoms with Gasteiger partial charge in [-0.05, 0) is 12.1 Å². The lowest BCUT2D eigenvalue weighted by atomic mass is 10.2. The normalized spacial score (nSPS) is 9.77. The van der Waals surface area contributed by atoms with Crippen molar-refractivity contribution in [3.63, 3.8) is 0 Å². The van der Waals surface area contributed by atoms with Gasteiger partial charge in [-0.2, -0.15) is 4.39 Å². The van der Waals surface area contributed by atoms with Crippen LogP contribution >= 0.6 is 0 Å². The second kappa shape index (κ2) is 3.36. The minimum Gasteiger partial charge on any atom is -0.504 e. The highest BCUT2D eigenvalue weighted by Gasteiger charge is 2.17. The molecule has 3 N–H and O–H groups in total. The summed E-state index contributed by atoms with van der Waals surface area (Å²) in [5.74, 6) is -5.05. The molecular formula is C7H5F2NO3. The fourth-order valence-corrected chi connectivity index (χ4v) is 0.783. The zero-order chi connectivity index (χ0) is 10.0. The molecule has 6 heteroatoms. The van der Waals surface area contributed by atoms with Crippen LogP contribution in [0.2, 0.25) is 0 Å². The van der Waals surface area contributed by atoms with Gasteiger partial charge < -0.3 is 5.11 Å². The number of carbonyl (C=O) groups excluding carboxylic acids is 1. The van der Waals surface area contributed by atoms with E-state index in [0.29, 0.717) is 6.07 Å². The molecule has 0 spiro atoms. The Labute approximate surface area is 71.4 Å². The van der Waals surface area contributed by atoms with Gasteiger partial charge in [-0.25, -0.2) is 9.87 Å². The summed E-state index contributed by atoms with van der Waals surface area (Å²) in [4.78, 5) is 10.7. The lowest BCUT2D eigenvalue weighted by molar-refractivity contribution is 0.0702. The SMILES string of the molecule is O=C(NO)c1ccc(F)c(F)c1O. The molecule has 0 fully saturated rings. The summed E-state index contributed by atoms with van der Waals surface area (Å²) in [6, 6.07) is 1.51. The average Bonchev–Trinajstić information content (AvgIpc) is 2.13. The van der Waals surface area contributed by atoms with Crippen LogP contribution in [0.4, 0.5) is 8.78 Å². The molecule has 0 aromatic heterocycles. The van der Waals surface area contributed by atoms with Crippen molar-refractivity contribution in [1.29, 1.82) is 0 Å². The quantitative estimate of drug-likeness (QED) is 0.451. The fraction of sp³-hybridized carbons (Fsp3) is 0. The maximum absolute atomic E-state index is 12.6. The lowest BCUT2D eigenvalue weighted by Gasteiger charge is -2.02. The Morgan fingerprint density at radius 2 is 2.00 bits per heavy atom. The molecule has 0 unspecified atom stereocenters. The summed E-state index contributed by atoms with van der Waals surface area (Å²) >= 11 is 0. The van der Waals surface area contributed by atoms with E-state index >= 15 is 0 Å². The number of hydroxylamine groups is 1. The summed E-state index contributed by atoms with van der Waals surface area (Å²) in [6.45, 7) is 0. The minimum atomic E-state index is -1.53. The van der Waals surface area contributed by atoms with Gasteiger partial charge in [0.1, 0.15) is 0 Å². The van der Waals surface area contributed by atoms with Gasteiger partial charge in [-0.1, -0.05) is 0 Å². The molecule has 1 aromatic carbocycles. The van der Waals surface area contributed by atoms with Crippen LogP contribution in [-0.2, 0) is 0 Å². The molecule has 0 radical (unpaired) electrons. The molecule has 0 atom stereocenters. The summed E-state index contributed by atoms with van der Waals surface area (Å²) < 4.78 is 25.0. The molecule has 0 bridgehead atoms. The first-order valence-electron chi connectivity index (χ1n) is 3.19. The van der Waals surface area contributed by atoms with Gasteiger partial charge >= 0.3 is 0 Å². The molecule has 0 aliphatic carbocycles. The molecule has 4 nitrogen and oxygen atoms in total. The number of phenols is 1. The van der Waals surface area contributed by atoms with Gasteiger partial charge in [0.15, 0.2) is 11.6 Å². The first-order valence-corrected chi connectivity index (χ1v) is 3.19. The Bertz CT molecular complexity index is 354. The second-order valence-electron chi connectivity index (χ2n) is 2.20. The van der Waals surface area contributed by atoms with E-state index in [1.165, 1.54) is 5.48 Å². The number of aromatic hydroxyl groups is 1. The molecule has 70 valence electrons. The van der Waals surface area contributed by atoms with E-state index in [9.17, 15) is 13.6 Å². The Morgan fingerprint density at radius 1 is 1.38 bits per heavy atom. The van der Waals surface area contributed by atoms with Crippen LogP contribution < -0.4 is 5.48 Å². The van der Waals surface area contributed by atoms with E-state index in [2.05, 4.69) is 0 Å². The molecule has 0 heterocycles. The Balaban J connectivity index is 3.26. The van der Waals surface area contributed by atoms with Crippen LogP contribution in [0, 0.1) is 11.6 Å². The van der Waals surface area contributed by atoms with Crippen LogP contribution in [0.1, 0.15) is 10.4 Å². The highest BCUT2D eigenvalue weighted by Crippen LogP contribution is 2.22. The van der Waals surface area contributed by atoms with Crippen molar-refractivity contribution in [2.24, 2.45) is 0 Å². The van der Waals surface area contributed by atoms with E-state index in [1.54, 1.807) is 0 Å². The van der Waals surface area contributed by atoms with Crippen LogP contribution in [0.25, 0.3) is 0 Å². The number of carbonyl (C=O) groups is 1. The maximum Gasteiger partial charge on any atom is 0.278 e. The zero-order valence-corrected chi connectivity index (χ0v) is 6.21. The number of hydrogen-bond acceptors (Lipinski definition) is 3. The largest absolute Gasteiger partial charge is 0.504 e. The van der Waals surface area contributed by atoms with Crippen LogP contribution in [0.3, 0.4) is 0 Å². The molecule has 0 aliphatic heterocycles. The Hall–Kier alpha value is -1.69. The number of phenolic OH excluding ortho intramolecular Hbond substituents is 1. The van der Waals surface area contributed by atoms with Crippen LogP contribution in [0.15, 0.2) is 12.1 Å². The molecular weight excluding hydrogens is 184 g/mol. The van der Waals surface area contributed by atoms with Crippen molar-refractivity contribution in [2.45, 2.75) is 0 Å². The number of halogens is 2. The average molecular weight is 189 g/mol. The van der Waals surface area contributed by atoms with E-state index in [0.717, 1.165) is 6.07 Å². The fourth-order valence-electron chi connectivity index (χ4n) is 0.783. The zero-order valence-electron chi connectivity index (χ0n) is 6.21. The number of nitrogens with one attached hydrogen (secondary N) is 1. The van der Waals surface area contributed by atoms with Gasteiger partial charge in [0.05, 0.1) is 5.56 Å². The topological polar surface area (TPSA) is 69.6 Å². The molecule has 0 saturated heterocycles. The summed E-state index contributed by atoms with van der Waals surface area (Å²) in [5.41, 5.74) is 0.640. The summed E-state index contributed by atoms with van der Waals surface area (Å²) in [5, 5.41) is 17.0. The van der Waals surface area contributed by atoms with Crippen molar-refractivity contribution in [1.82, 2.24) is 5.48 Å². The summed E-state index contributed by atoms with van der Waals surface area (Å²) in [7, 11) is 0. The third-order valence-corrected chi connectivity index (χ3v) is 1.42. The lowest BCUT2D eigenvalue weighted by Crippen LogP contribution is -2.19. The van der Waals surface area contributed by atoms with Crippen LogP contribution in [0.5, 0.6) is 5.75 Å². The predicted molar refractivity (Wildman–Crippen MR) is 37.3 cm³/mol. The standard InChI is InChI=1S/C7H5F2NO3/c8-4-2-1-3(7(12)10-13)6(11)5(4)9/h1-2,11,13H,(H,10,12). The Kier molecular flexibility index (Phi) is 2.43.